The number of rotatable bonds is 4. The van der Waals surface area contributed by atoms with Crippen LogP contribution in [-0.2, 0) is 16.1 Å². The van der Waals surface area contributed by atoms with Gasteiger partial charge in [-0.2, -0.15) is 5.10 Å². The molecule has 0 saturated heterocycles. The number of carboxylic acid groups (broad SMARTS) is 1. The lowest BCUT2D eigenvalue weighted by Crippen LogP contribution is -2.19. The number of aliphatic carboxylic acids is 1. The molecule has 0 fully saturated rings. The third-order valence-electron chi connectivity index (χ3n) is 2.51. The fraction of sp³-hybridized carbons (Fsp3) is 0.250. The van der Waals surface area contributed by atoms with Crippen LogP contribution in [0.4, 0.5) is 0 Å². The Morgan fingerprint density at radius 1 is 1.39 bits per heavy atom. The summed E-state index contributed by atoms with van der Waals surface area (Å²) < 4.78 is 0.967. The highest BCUT2D eigenvalue weighted by Crippen LogP contribution is 2.16. The summed E-state index contributed by atoms with van der Waals surface area (Å²) in [5.74, 6) is -1.12. The van der Waals surface area contributed by atoms with Crippen molar-refractivity contribution in [2.24, 2.45) is 5.10 Å². The lowest BCUT2D eigenvalue weighted by Gasteiger charge is -2.11. The third-order valence-corrected chi connectivity index (χ3v) is 3.03. The summed E-state index contributed by atoms with van der Waals surface area (Å²) in [5.41, 5.74) is 1.36. The van der Waals surface area contributed by atoms with E-state index in [0.717, 1.165) is 10.0 Å². The quantitative estimate of drug-likeness (QED) is 0.925. The first-order valence-corrected chi connectivity index (χ1v) is 6.17. The Labute approximate surface area is 112 Å². The molecule has 1 amide bonds. The average Bonchev–Trinajstić information content (AvgIpc) is 2.61. The third kappa shape index (κ3) is 3.16. The summed E-state index contributed by atoms with van der Waals surface area (Å²) in [5, 5.41) is 14.0. The van der Waals surface area contributed by atoms with E-state index in [0.29, 0.717) is 12.3 Å². The van der Waals surface area contributed by atoms with Crippen LogP contribution in [0, 0.1) is 0 Å². The molecular formula is C12H11BrN2O3. The Balaban J connectivity index is 2.05. The van der Waals surface area contributed by atoms with Crippen molar-refractivity contribution in [3.8, 4) is 0 Å². The zero-order chi connectivity index (χ0) is 13.1. The molecule has 94 valence electrons. The zero-order valence-corrected chi connectivity index (χ0v) is 11.1. The number of hydrogen-bond donors (Lipinski definition) is 1. The van der Waals surface area contributed by atoms with Crippen LogP contribution >= 0.6 is 15.9 Å². The molecule has 18 heavy (non-hydrogen) atoms. The van der Waals surface area contributed by atoms with Gasteiger partial charge < -0.3 is 5.11 Å². The first-order chi connectivity index (χ1) is 8.54. The number of benzene rings is 1. The van der Waals surface area contributed by atoms with Crippen LogP contribution in [-0.4, -0.2) is 27.7 Å². The molecule has 1 aromatic carbocycles. The van der Waals surface area contributed by atoms with E-state index in [2.05, 4.69) is 21.0 Å². The van der Waals surface area contributed by atoms with Gasteiger partial charge in [0.25, 0.3) is 0 Å². The molecule has 0 atom stereocenters. The summed E-state index contributed by atoms with van der Waals surface area (Å²) >= 11 is 3.33. The van der Waals surface area contributed by atoms with E-state index in [4.69, 9.17) is 5.11 Å². The molecule has 5 nitrogen and oxygen atoms in total. The molecule has 0 saturated carbocycles. The highest BCUT2D eigenvalue weighted by Gasteiger charge is 2.24. The van der Waals surface area contributed by atoms with E-state index >= 15 is 0 Å². The summed E-state index contributed by atoms with van der Waals surface area (Å²) in [6.45, 7) is 0.370. The van der Waals surface area contributed by atoms with Crippen molar-refractivity contribution in [3.63, 3.8) is 0 Å². The number of nitrogens with zero attached hydrogens (tertiary/aromatic N) is 2. The van der Waals surface area contributed by atoms with Crippen LogP contribution < -0.4 is 0 Å². The Bertz CT molecular complexity index is 511. The van der Waals surface area contributed by atoms with Gasteiger partial charge in [0.15, 0.2) is 0 Å². The van der Waals surface area contributed by atoms with Gasteiger partial charge in [0.2, 0.25) is 5.91 Å². The highest BCUT2D eigenvalue weighted by atomic mass is 79.9. The maximum Gasteiger partial charge on any atom is 0.309 e. The molecule has 0 bridgehead atoms. The van der Waals surface area contributed by atoms with Gasteiger partial charge >= 0.3 is 5.97 Å². The fourth-order valence-electron chi connectivity index (χ4n) is 1.69. The lowest BCUT2D eigenvalue weighted by atomic mass is 10.2. The number of hydrogen-bond acceptors (Lipinski definition) is 3. The molecule has 0 spiro atoms. The van der Waals surface area contributed by atoms with Crippen molar-refractivity contribution in [1.82, 2.24) is 5.01 Å². The Morgan fingerprint density at radius 2 is 2.06 bits per heavy atom. The topological polar surface area (TPSA) is 70.0 Å². The SMILES string of the molecule is O=C(O)CC1=NN(Cc2ccc(Br)cc2)C(=O)C1. The van der Waals surface area contributed by atoms with Crippen molar-refractivity contribution in [1.29, 1.82) is 0 Å². The largest absolute Gasteiger partial charge is 0.481 e. The standard InChI is InChI=1S/C12H11BrN2O3/c13-9-3-1-8(2-4-9)7-15-11(16)5-10(14-15)6-12(17)18/h1-4H,5-7H2,(H,17,18). The molecule has 1 heterocycles. The monoisotopic (exact) mass is 310 g/mol. The molecular weight excluding hydrogens is 300 g/mol. The van der Waals surface area contributed by atoms with Gasteiger partial charge in [0, 0.05) is 4.47 Å². The molecule has 1 aliphatic rings. The average molecular weight is 311 g/mol. The van der Waals surface area contributed by atoms with Crippen molar-refractivity contribution >= 4 is 33.5 Å². The normalized spacial score (nSPS) is 14.8. The van der Waals surface area contributed by atoms with Gasteiger partial charge in [-0.25, -0.2) is 5.01 Å². The number of hydrazone groups is 1. The molecule has 6 heteroatoms. The predicted molar refractivity (Wildman–Crippen MR) is 69.0 cm³/mol. The summed E-state index contributed by atoms with van der Waals surface area (Å²) in [6, 6.07) is 7.56. The van der Waals surface area contributed by atoms with Crippen LogP contribution in [0.3, 0.4) is 0 Å². The molecule has 1 N–H and O–H groups in total. The molecule has 0 aromatic heterocycles. The number of carbonyl (C=O) groups is 2. The van der Waals surface area contributed by atoms with Gasteiger partial charge in [0.05, 0.1) is 25.1 Å². The number of carboxylic acids is 1. The molecule has 1 aromatic rings. The number of amides is 1. The minimum Gasteiger partial charge on any atom is -0.481 e. The zero-order valence-electron chi connectivity index (χ0n) is 9.47. The van der Waals surface area contributed by atoms with Crippen molar-refractivity contribution in [3.05, 3.63) is 34.3 Å². The van der Waals surface area contributed by atoms with Gasteiger partial charge in [-0.3, -0.25) is 9.59 Å². The van der Waals surface area contributed by atoms with Gasteiger partial charge in [0.1, 0.15) is 0 Å². The molecule has 2 rings (SSSR count). The predicted octanol–water partition coefficient (Wildman–Crippen LogP) is 2.01. The van der Waals surface area contributed by atoms with E-state index in [-0.39, 0.29) is 18.7 Å². The Morgan fingerprint density at radius 3 is 2.67 bits per heavy atom. The molecule has 0 radical (unpaired) electrons. The Hall–Kier alpha value is -1.69. The first kappa shape index (κ1) is 12.8. The van der Waals surface area contributed by atoms with Gasteiger partial charge in [-0.1, -0.05) is 28.1 Å². The van der Waals surface area contributed by atoms with Crippen molar-refractivity contribution in [2.45, 2.75) is 19.4 Å². The van der Waals surface area contributed by atoms with E-state index in [1.54, 1.807) is 0 Å². The van der Waals surface area contributed by atoms with Crippen LogP contribution in [0.1, 0.15) is 18.4 Å². The second-order valence-corrected chi connectivity index (χ2v) is 4.91. The molecule has 0 aliphatic carbocycles. The maximum atomic E-state index is 11.6. The molecule has 0 unspecified atom stereocenters. The molecule has 1 aliphatic heterocycles. The van der Waals surface area contributed by atoms with Crippen LogP contribution in [0.5, 0.6) is 0 Å². The van der Waals surface area contributed by atoms with E-state index in [1.165, 1.54) is 5.01 Å². The van der Waals surface area contributed by atoms with Crippen molar-refractivity contribution < 1.29 is 14.7 Å². The maximum absolute atomic E-state index is 11.6. The van der Waals surface area contributed by atoms with Gasteiger partial charge in [-0.15, -0.1) is 0 Å². The smallest absolute Gasteiger partial charge is 0.309 e. The fourth-order valence-corrected chi connectivity index (χ4v) is 1.95. The van der Waals surface area contributed by atoms with Crippen molar-refractivity contribution in [2.75, 3.05) is 0 Å². The summed E-state index contributed by atoms with van der Waals surface area (Å²) in [6.07, 6.45) is -0.0780. The number of halogens is 1. The van der Waals surface area contributed by atoms with Crippen LogP contribution in [0.2, 0.25) is 0 Å². The highest BCUT2D eigenvalue weighted by molar-refractivity contribution is 9.10. The minimum atomic E-state index is -0.966. The summed E-state index contributed by atoms with van der Waals surface area (Å²) in [4.78, 5) is 22.2. The van der Waals surface area contributed by atoms with Gasteiger partial charge in [-0.05, 0) is 17.7 Å². The first-order valence-electron chi connectivity index (χ1n) is 5.37. The van der Waals surface area contributed by atoms with E-state index in [1.807, 2.05) is 24.3 Å². The van der Waals surface area contributed by atoms with E-state index in [9.17, 15) is 9.59 Å². The van der Waals surface area contributed by atoms with E-state index < -0.39 is 5.97 Å². The summed E-state index contributed by atoms with van der Waals surface area (Å²) in [7, 11) is 0. The second kappa shape index (κ2) is 5.30. The van der Waals surface area contributed by atoms with Crippen LogP contribution in [0.15, 0.2) is 33.8 Å². The minimum absolute atomic E-state index is 0.100. The lowest BCUT2D eigenvalue weighted by molar-refractivity contribution is -0.135. The number of carbonyl (C=O) groups excluding carboxylic acids is 1. The van der Waals surface area contributed by atoms with Crippen LogP contribution in [0.25, 0.3) is 0 Å². The second-order valence-electron chi connectivity index (χ2n) is 3.99. The Kier molecular flexibility index (Phi) is 3.76.